The molecule has 0 radical (unpaired) electrons. The number of anilines is 1. The standard InChI is InChI=1S/C23H24N2O4S/c1-13(2)11-14-5-7-15(8-6-14)17-12-30-23(24-17)25-21-16-9-10-18(27-3)20(28-4)19(16)22(26)29-21/h5-10,12-13,21H,11H2,1-4H3,(H,24,25)/t21-/m1/s1. The van der Waals surface area contributed by atoms with Crippen LogP contribution in [0, 0.1) is 5.92 Å². The Balaban J connectivity index is 1.54. The Bertz CT molecular complexity index is 1060. The van der Waals surface area contributed by atoms with Gasteiger partial charge in [-0.05, 0) is 30.0 Å². The third-order valence-corrected chi connectivity index (χ3v) is 5.72. The summed E-state index contributed by atoms with van der Waals surface area (Å²) in [7, 11) is 3.04. The Morgan fingerprint density at radius 1 is 1.13 bits per heavy atom. The van der Waals surface area contributed by atoms with Gasteiger partial charge in [-0.2, -0.15) is 0 Å². The molecule has 1 aromatic heterocycles. The first kappa shape index (κ1) is 20.2. The number of carbonyl (C=O) groups is 1. The number of fused-ring (bicyclic) bond motifs is 1. The molecule has 1 aliphatic heterocycles. The van der Waals surface area contributed by atoms with Crippen LogP contribution < -0.4 is 14.8 Å². The second kappa shape index (κ2) is 8.36. The van der Waals surface area contributed by atoms with Gasteiger partial charge in [0.2, 0.25) is 6.23 Å². The maximum Gasteiger partial charge on any atom is 0.344 e. The van der Waals surface area contributed by atoms with Crippen LogP contribution >= 0.6 is 11.3 Å². The minimum absolute atomic E-state index is 0.380. The maximum atomic E-state index is 12.4. The van der Waals surface area contributed by atoms with E-state index in [0.717, 1.165) is 17.7 Å². The molecule has 7 heteroatoms. The van der Waals surface area contributed by atoms with Crippen molar-refractivity contribution in [2.45, 2.75) is 26.5 Å². The molecular formula is C23H24N2O4S. The Labute approximate surface area is 179 Å². The second-order valence-corrected chi connectivity index (χ2v) is 8.39. The highest BCUT2D eigenvalue weighted by Gasteiger charge is 2.36. The molecule has 0 amide bonds. The number of hydrogen-bond donors (Lipinski definition) is 1. The number of carbonyl (C=O) groups excluding carboxylic acids is 1. The number of benzene rings is 2. The average molecular weight is 425 g/mol. The van der Waals surface area contributed by atoms with Crippen molar-refractivity contribution in [1.82, 2.24) is 4.98 Å². The molecule has 4 rings (SSSR count). The Morgan fingerprint density at radius 2 is 1.90 bits per heavy atom. The van der Waals surface area contributed by atoms with Gasteiger partial charge in [0.25, 0.3) is 0 Å². The van der Waals surface area contributed by atoms with Gasteiger partial charge < -0.3 is 19.5 Å². The summed E-state index contributed by atoms with van der Waals surface area (Å²) < 4.78 is 16.2. The lowest BCUT2D eigenvalue weighted by Crippen LogP contribution is -2.10. The summed E-state index contributed by atoms with van der Waals surface area (Å²) in [6, 6.07) is 12.1. The first-order valence-electron chi connectivity index (χ1n) is 9.77. The van der Waals surface area contributed by atoms with E-state index in [1.54, 1.807) is 12.1 Å². The van der Waals surface area contributed by atoms with Crippen molar-refractivity contribution in [3.8, 4) is 22.8 Å². The first-order valence-corrected chi connectivity index (χ1v) is 10.6. The lowest BCUT2D eigenvalue weighted by Gasteiger charge is -2.13. The zero-order valence-electron chi connectivity index (χ0n) is 17.4. The van der Waals surface area contributed by atoms with Gasteiger partial charge in [-0.15, -0.1) is 11.3 Å². The minimum atomic E-state index is -0.625. The summed E-state index contributed by atoms with van der Waals surface area (Å²) in [6.07, 6.45) is 0.435. The van der Waals surface area contributed by atoms with Crippen molar-refractivity contribution >= 4 is 22.4 Å². The molecule has 30 heavy (non-hydrogen) atoms. The minimum Gasteiger partial charge on any atom is -0.493 e. The molecule has 1 aliphatic rings. The molecule has 0 bridgehead atoms. The maximum absolute atomic E-state index is 12.4. The number of cyclic esters (lactones) is 1. The van der Waals surface area contributed by atoms with E-state index in [9.17, 15) is 4.79 Å². The van der Waals surface area contributed by atoms with E-state index in [1.165, 1.54) is 31.1 Å². The van der Waals surface area contributed by atoms with Crippen LogP contribution in [-0.2, 0) is 11.2 Å². The van der Waals surface area contributed by atoms with Gasteiger partial charge in [-0.25, -0.2) is 9.78 Å². The number of esters is 1. The average Bonchev–Trinajstić information content (AvgIpc) is 3.32. The van der Waals surface area contributed by atoms with Crippen LogP contribution in [0.1, 0.15) is 41.6 Å². The molecule has 0 aliphatic carbocycles. The molecule has 0 spiro atoms. The highest BCUT2D eigenvalue weighted by atomic mass is 32.1. The van der Waals surface area contributed by atoms with E-state index in [1.807, 2.05) is 5.38 Å². The van der Waals surface area contributed by atoms with E-state index in [-0.39, 0.29) is 0 Å². The number of thiazole rings is 1. The largest absolute Gasteiger partial charge is 0.493 e. The molecule has 2 aromatic carbocycles. The fraction of sp³-hybridized carbons (Fsp3) is 0.304. The molecule has 6 nitrogen and oxygen atoms in total. The van der Waals surface area contributed by atoms with Gasteiger partial charge in [-0.3, -0.25) is 0 Å². The van der Waals surface area contributed by atoms with Crippen molar-refractivity contribution in [2.24, 2.45) is 5.92 Å². The molecule has 0 unspecified atom stereocenters. The Hall–Kier alpha value is -3.06. The number of methoxy groups -OCH3 is 2. The molecule has 156 valence electrons. The summed E-state index contributed by atoms with van der Waals surface area (Å²) in [5.74, 6) is 1.05. The van der Waals surface area contributed by atoms with Crippen molar-refractivity contribution in [3.05, 3.63) is 58.5 Å². The molecule has 0 fully saturated rings. The zero-order chi connectivity index (χ0) is 21.3. The first-order chi connectivity index (χ1) is 14.5. The van der Waals surface area contributed by atoms with Gasteiger partial charge >= 0.3 is 5.97 Å². The summed E-state index contributed by atoms with van der Waals surface area (Å²) >= 11 is 1.47. The lowest BCUT2D eigenvalue weighted by molar-refractivity contribution is 0.0435. The molecule has 0 saturated carbocycles. The van der Waals surface area contributed by atoms with Crippen LogP contribution in [0.5, 0.6) is 11.5 Å². The molecule has 3 aromatic rings. The normalized spacial score (nSPS) is 15.1. The summed E-state index contributed by atoms with van der Waals surface area (Å²) in [6.45, 7) is 4.43. The molecule has 1 N–H and O–H groups in total. The van der Waals surface area contributed by atoms with Crippen LogP contribution in [0.3, 0.4) is 0 Å². The number of nitrogens with one attached hydrogen (secondary N) is 1. The monoisotopic (exact) mass is 424 g/mol. The summed E-state index contributed by atoms with van der Waals surface area (Å²) in [5.41, 5.74) is 4.35. The molecule has 1 atom stereocenters. The number of hydrogen-bond acceptors (Lipinski definition) is 7. The van der Waals surface area contributed by atoms with E-state index >= 15 is 0 Å². The van der Waals surface area contributed by atoms with Gasteiger partial charge in [0.15, 0.2) is 16.6 Å². The van der Waals surface area contributed by atoms with Gasteiger partial charge in [0.1, 0.15) is 5.56 Å². The number of rotatable bonds is 7. The number of nitrogens with zero attached hydrogens (tertiary/aromatic N) is 1. The van der Waals surface area contributed by atoms with Gasteiger partial charge in [0.05, 0.1) is 19.9 Å². The van der Waals surface area contributed by atoms with E-state index in [4.69, 9.17) is 14.2 Å². The van der Waals surface area contributed by atoms with Crippen molar-refractivity contribution in [1.29, 1.82) is 0 Å². The smallest absolute Gasteiger partial charge is 0.344 e. The topological polar surface area (TPSA) is 69.7 Å². The second-order valence-electron chi connectivity index (χ2n) is 7.53. The van der Waals surface area contributed by atoms with E-state index < -0.39 is 12.2 Å². The molecule has 2 heterocycles. The van der Waals surface area contributed by atoms with Crippen LogP contribution in [0.4, 0.5) is 5.13 Å². The molecular weight excluding hydrogens is 400 g/mol. The Kier molecular flexibility index (Phi) is 5.63. The van der Waals surface area contributed by atoms with Gasteiger partial charge in [-0.1, -0.05) is 38.1 Å². The quantitative estimate of drug-likeness (QED) is 0.519. The third kappa shape index (κ3) is 3.85. The van der Waals surface area contributed by atoms with Crippen molar-refractivity contribution in [3.63, 3.8) is 0 Å². The van der Waals surface area contributed by atoms with Crippen LogP contribution in [-0.4, -0.2) is 25.2 Å². The SMILES string of the molecule is COc1ccc2c(c1OC)C(=O)O[C@H]2Nc1nc(-c2ccc(CC(C)C)cc2)cs1. The van der Waals surface area contributed by atoms with Crippen LogP contribution in [0.2, 0.25) is 0 Å². The van der Waals surface area contributed by atoms with E-state index in [0.29, 0.717) is 33.7 Å². The number of ether oxygens (including phenoxy) is 3. The van der Waals surface area contributed by atoms with Crippen molar-refractivity contribution in [2.75, 3.05) is 19.5 Å². The van der Waals surface area contributed by atoms with Crippen LogP contribution in [0.15, 0.2) is 41.8 Å². The van der Waals surface area contributed by atoms with Crippen molar-refractivity contribution < 1.29 is 19.0 Å². The molecule has 0 saturated heterocycles. The highest BCUT2D eigenvalue weighted by molar-refractivity contribution is 7.14. The Morgan fingerprint density at radius 3 is 2.57 bits per heavy atom. The summed E-state index contributed by atoms with van der Waals surface area (Å²) in [5, 5.41) is 5.88. The lowest BCUT2D eigenvalue weighted by atomic mass is 10.0. The highest BCUT2D eigenvalue weighted by Crippen LogP contribution is 2.42. The van der Waals surface area contributed by atoms with E-state index in [2.05, 4.69) is 48.4 Å². The fourth-order valence-electron chi connectivity index (χ4n) is 3.58. The predicted octanol–water partition coefficient (Wildman–Crippen LogP) is 5.31. The predicted molar refractivity (Wildman–Crippen MR) is 117 cm³/mol. The summed E-state index contributed by atoms with van der Waals surface area (Å²) in [4.78, 5) is 17.1. The van der Waals surface area contributed by atoms with Gasteiger partial charge in [0, 0.05) is 16.5 Å². The number of aromatic nitrogens is 1. The fourth-order valence-corrected chi connectivity index (χ4v) is 4.31. The van der Waals surface area contributed by atoms with Crippen LogP contribution in [0.25, 0.3) is 11.3 Å². The third-order valence-electron chi connectivity index (χ3n) is 4.94. The zero-order valence-corrected chi connectivity index (χ0v) is 18.2.